The molecule has 5 nitrogen and oxygen atoms in total. The van der Waals surface area contributed by atoms with Gasteiger partial charge in [0.2, 0.25) is 0 Å². The summed E-state index contributed by atoms with van der Waals surface area (Å²) in [6.07, 6.45) is 1.03. The monoisotopic (exact) mass is 304 g/mol. The van der Waals surface area contributed by atoms with Crippen LogP contribution in [0.15, 0.2) is 22.7 Å². The van der Waals surface area contributed by atoms with E-state index < -0.39 is 21.4 Å². The Balaban J connectivity index is 2.66. The van der Waals surface area contributed by atoms with Crippen molar-refractivity contribution in [3.63, 3.8) is 0 Å². The summed E-state index contributed by atoms with van der Waals surface area (Å²) in [5.41, 5.74) is 5.67. The Morgan fingerprint density at radius 3 is 2.68 bits per heavy atom. The zero-order valence-electron chi connectivity index (χ0n) is 9.85. The fourth-order valence-electron chi connectivity index (χ4n) is 1.68. The predicted octanol–water partition coefficient (Wildman–Crippen LogP) is 2.26. The number of sulfone groups is 1. The molecule has 0 radical (unpaired) electrons. The molecule has 0 saturated heterocycles. The maximum atomic E-state index is 13.8. The lowest BCUT2D eigenvalue weighted by molar-refractivity contribution is 0.396. The Bertz CT molecular complexity index is 707. The highest BCUT2D eigenvalue weighted by atomic mass is 35.5. The number of hydrogen-bond acceptors (Lipinski definition) is 5. The van der Waals surface area contributed by atoms with E-state index in [4.69, 9.17) is 21.9 Å². The number of aromatic nitrogens is 1. The number of nitrogens with zero attached hydrogens (tertiary/aromatic N) is 1. The van der Waals surface area contributed by atoms with Crippen molar-refractivity contribution in [2.24, 2.45) is 0 Å². The Labute approximate surface area is 114 Å². The molecule has 1 heterocycles. The summed E-state index contributed by atoms with van der Waals surface area (Å²) in [6.45, 7) is 0. The van der Waals surface area contributed by atoms with Gasteiger partial charge in [0.15, 0.2) is 21.4 Å². The van der Waals surface area contributed by atoms with Crippen LogP contribution in [0.25, 0.3) is 11.1 Å². The third kappa shape index (κ3) is 2.87. The number of nitrogens with two attached hydrogens (primary N) is 1. The molecule has 0 unspecified atom stereocenters. The number of nitrogen functional groups attached to an aromatic ring is 1. The Kier molecular flexibility index (Phi) is 3.51. The van der Waals surface area contributed by atoms with E-state index in [2.05, 4.69) is 5.16 Å². The van der Waals surface area contributed by atoms with E-state index in [1.54, 1.807) is 0 Å². The van der Waals surface area contributed by atoms with Crippen LogP contribution >= 0.6 is 11.6 Å². The highest BCUT2D eigenvalue weighted by Gasteiger charge is 2.23. The van der Waals surface area contributed by atoms with Gasteiger partial charge in [0.05, 0.1) is 10.6 Å². The molecule has 1 aromatic carbocycles. The molecule has 0 bridgehead atoms. The van der Waals surface area contributed by atoms with Crippen molar-refractivity contribution in [2.45, 2.75) is 5.75 Å². The number of hydrogen-bond donors (Lipinski definition) is 1. The van der Waals surface area contributed by atoms with Gasteiger partial charge in [0.25, 0.3) is 0 Å². The van der Waals surface area contributed by atoms with Crippen molar-refractivity contribution >= 4 is 27.3 Å². The van der Waals surface area contributed by atoms with Crippen LogP contribution in [0.3, 0.4) is 0 Å². The molecule has 1 aromatic heterocycles. The van der Waals surface area contributed by atoms with Gasteiger partial charge in [-0.3, -0.25) is 0 Å². The van der Waals surface area contributed by atoms with Gasteiger partial charge in [-0.15, -0.1) is 0 Å². The lowest BCUT2D eigenvalue weighted by atomic mass is 10.1. The van der Waals surface area contributed by atoms with E-state index in [-0.39, 0.29) is 27.7 Å². The van der Waals surface area contributed by atoms with Crippen molar-refractivity contribution < 1.29 is 17.3 Å². The summed E-state index contributed by atoms with van der Waals surface area (Å²) in [5.74, 6) is -1.20. The summed E-state index contributed by atoms with van der Waals surface area (Å²) >= 11 is 5.92. The first kappa shape index (κ1) is 13.8. The Morgan fingerprint density at radius 2 is 2.11 bits per heavy atom. The van der Waals surface area contributed by atoms with E-state index in [0.717, 1.165) is 6.26 Å². The molecule has 0 fully saturated rings. The largest absolute Gasteiger partial charge is 0.380 e. The zero-order chi connectivity index (χ0) is 14.2. The molecule has 2 rings (SSSR count). The second-order valence-corrected chi connectivity index (χ2v) is 6.58. The molecular weight excluding hydrogens is 295 g/mol. The predicted molar refractivity (Wildman–Crippen MR) is 69.9 cm³/mol. The van der Waals surface area contributed by atoms with Gasteiger partial charge in [-0.25, -0.2) is 12.8 Å². The van der Waals surface area contributed by atoms with Gasteiger partial charge >= 0.3 is 0 Å². The van der Waals surface area contributed by atoms with E-state index in [9.17, 15) is 12.8 Å². The third-order valence-corrected chi connectivity index (χ3v) is 3.50. The molecule has 0 atom stereocenters. The first-order valence-corrected chi connectivity index (χ1v) is 7.59. The number of halogens is 2. The molecule has 0 aliphatic rings. The molecule has 8 heteroatoms. The lowest BCUT2D eigenvalue weighted by Crippen LogP contribution is -2.02. The van der Waals surface area contributed by atoms with Crippen molar-refractivity contribution in [1.29, 1.82) is 0 Å². The maximum absolute atomic E-state index is 13.8. The molecule has 2 aromatic rings. The average Bonchev–Trinajstić information content (AvgIpc) is 2.59. The molecule has 0 aliphatic heterocycles. The normalized spacial score (nSPS) is 11.7. The number of rotatable bonds is 3. The quantitative estimate of drug-likeness (QED) is 0.940. The van der Waals surface area contributed by atoms with Gasteiger partial charge in [-0.2, -0.15) is 0 Å². The highest BCUT2D eigenvalue weighted by Crippen LogP contribution is 2.37. The number of anilines is 1. The molecule has 2 N–H and O–H groups in total. The molecular formula is C11H10ClFN2O3S. The molecule has 19 heavy (non-hydrogen) atoms. The van der Waals surface area contributed by atoms with Crippen LogP contribution in [0.4, 0.5) is 10.2 Å². The van der Waals surface area contributed by atoms with Crippen molar-refractivity contribution in [2.75, 3.05) is 12.0 Å². The van der Waals surface area contributed by atoms with Crippen molar-refractivity contribution in [1.82, 2.24) is 5.16 Å². The fraction of sp³-hybridized carbons (Fsp3) is 0.182. The first-order valence-electron chi connectivity index (χ1n) is 5.15. The minimum absolute atomic E-state index is 0.0124. The van der Waals surface area contributed by atoms with Crippen molar-refractivity contribution in [3.05, 3.63) is 34.8 Å². The average molecular weight is 305 g/mol. The first-order chi connectivity index (χ1) is 8.79. The Morgan fingerprint density at radius 1 is 1.42 bits per heavy atom. The second-order valence-electron chi connectivity index (χ2n) is 4.03. The molecule has 0 amide bonds. The topological polar surface area (TPSA) is 86.2 Å². The van der Waals surface area contributed by atoms with Crippen LogP contribution in [0.2, 0.25) is 5.02 Å². The smallest absolute Gasteiger partial charge is 0.175 e. The van der Waals surface area contributed by atoms with Gasteiger partial charge in [-0.1, -0.05) is 22.8 Å². The second kappa shape index (κ2) is 4.82. The Hall–Kier alpha value is -1.60. The van der Waals surface area contributed by atoms with Crippen LogP contribution in [-0.2, 0) is 15.6 Å². The van der Waals surface area contributed by atoms with Crippen LogP contribution in [0.1, 0.15) is 5.76 Å². The van der Waals surface area contributed by atoms with Gasteiger partial charge in [-0.05, 0) is 12.1 Å². The molecule has 102 valence electrons. The summed E-state index contributed by atoms with van der Waals surface area (Å²) in [6, 6.07) is 4.09. The summed E-state index contributed by atoms with van der Waals surface area (Å²) in [7, 11) is -3.37. The summed E-state index contributed by atoms with van der Waals surface area (Å²) < 4.78 is 41.3. The highest BCUT2D eigenvalue weighted by molar-refractivity contribution is 7.89. The van der Waals surface area contributed by atoms with E-state index in [1.807, 2.05) is 0 Å². The van der Waals surface area contributed by atoms with Crippen LogP contribution < -0.4 is 5.73 Å². The fourth-order valence-corrected chi connectivity index (χ4v) is 2.61. The standard InChI is InChI=1S/C11H10ClFN2O3S/c1-19(16,17)5-8-10(11(14)15-18-8)9-6(12)3-2-4-7(9)13/h2-4H,5H2,1H3,(H2,14,15). The van der Waals surface area contributed by atoms with Gasteiger partial charge in [0.1, 0.15) is 11.6 Å². The summed E-state index contributed by atoms with van der Waals surface area (Å²) in [4.78, 5) is 0. The van der Waals surface area contributed by atoms with Gasteiger partial charge < -0.3 is 10.3 Å². The zero-order valence-corrected chi connectivity index (χ0v) is 11.4. The van der Waals surface area contributed by atoms with E-state index in [1.165, 1.54) is 18.2 Å². The van der Waals surface area contributed by atoms with E-state index >= 15 is 0 Å². The third-order valence-electron chi connectivity index (χ3n) is 2.40. The van der Waals surface area contributed by atoms with E-state index in [0.29, 0.717) is 0 Å². The molecule has 0 saturated carbocycles. The van der Waals surface area contributed by atoms with Crippen LogP contribution in [0, 0.1) is 5.82 Å². The van der Waals surface area contributed by atoms with Crippen LogP contribution in [0.5, 0.6) is 0 Å². The summed E-state index contributed by atoms with van der Waals surface area (Å²) in [5, 5.41) is 3.57. The van der Waals surface area contributed by atoms with Crippen LogP contribution in [-0.4, -0.2) is 19.8 Å². The lowest BCUT2D eigenvalue weighted by Gasteiger charge is -2.05. The minimum Gasteiger partial charge on any atom is -0.380 e. The van der Waals surface area contributed by atoms with Crippen molar-refractivity contribution in [3.8, 4) is 11.1 Å². The SMILES string of the molecule is CS(=O)(=O)Cc1onc(N)c1-c1c(F)cccc1Cl. The minimum atomic E-state index is -3.37. The number of benzene rings is 1. The molecule has 0 spiro atoms. The van der Waals surface area contributed by atoms with Gasteiger partial charge in [0, 0.05) is 11.8 Å². The maximum Gasteiger partial charge on any atom is 0.175 e. The molecule has 0 aliphatic carbocycles.